The van der Waals surface area contributed by atoms with Crippen LogP contribution in [0.5, 0.6) is 11.5 Å². The zero-order chi connectivity index (χ0) is 19.6. The highest BCUT2D eigenvalue weighted by atomic mass is 16.5. The first kappa shape index (κ1) is 21.0. The molecular formula is C24H32O3. The second kappa shape index (κ2) is 10.8. The minimum atomic E-state index is -0.225. The molecule has 0 bridgehead atoms. The third-order valence-corrected chi connectivity index (χ3v) is 4.80. The molecule has 0 radical (unpaired) electrons. The number of unbranched alkanes of at least 4 members (excludes halogenated alkanes) is 2. The summed E-state index contributed by atoms with van der Waals surface area (Å²) in [5.74, 6) is 0.809. The van der Waals surface area contributed by atoms with Crippen LogP contribution >= 0.6 is 0 Å². The van der Waals surface area contributed by atoms with Gasteiger partial charge in [-0.15, -0.1) is 0 Å². The summed E-state index contributed by atoms with van der Waals surface area (Å²) in [6.07, 6.45) is 7.02. The Balaban J connectivity index is 2.04. The van der Waals surface area contributed by atoms with Crippen LogP contribution in [0.1, 0.15) is 68.2 Å². The maximum Gasteiger partial charge on any atom is 0.311 e. The molecule has 146 valence electrons. The maximum absolute atomic E-state index is 12.2. The van der Waals surface area contributed by atoms with Gasteiger partial charge in [0.15, 0.2) is 0 Å². The second-order valence-corrected chi connectivity index (χ2v) is 7.26. The lowest BCUT2D eigenvalue weighted by Gasteiger charge is -2.13. The fourth-order valence-electron chi connectivity index (χ4n) is 3.13. The van der Waals surface area contributed by atoms with Gasteiger partial charge in [-0.25, -0.2) is 0 Å². The molecule has 3 heteroatoms. The van der Waals surface area contributed by atoms with Gasteiger partial charge in [0.25, 0.3) is 0 Å². The number of carbonyl (C=O) groups is 1. The topological polar surface area (TPSA) is 46.5 Å². The van der Waals surface area contributed by atoms with Gasteiger partial charge in [-0.05, 0) is 67.9 Å². The average Bonchev–Trinajstić information content (AvgIpc) is 2.67. The largest absolute Gasteiger partial charge is 0.507 e. The van der Waals surface area contributed by atoms with Crippen molar-refractivity contribution < 1.29 is 14.6 Å². The van der Waals surface area contributed by atoms with Crippen molar-refractivity contribution in [1.29, 1.82) is 0 Å². The van der Waals surface area contributed by atoms with Gasteiger partial charge < -0.3 is 9.84 Å². The van der Waals surface area contributed by atoms with E-state index in [0.29, 0.717) is 24.3 Å². The number of ether oxygens (including phenoxy) is 1. The number of rotatable bonds is 10. The summed E-state index contributed by atoms with van der Waals surface area (Å²) in [5, 5.41) is 10.6. The van der Waals surface area contributed by atoms with E-state index in [1.54, 1.807) is 0 Å². The van der Waals surface area contributed by atoms with E-state index >= 15 is 0 Å². The molecule has 2 aromatic carbocycles. The van der Waals surface area contributed by atoms with Gasteiger partial charge in [0.2, 0.25) is 0 Å². The van der Waals surface area contributed by atoms with Crippen molar-refractivity contribution >= 4 is 5.97 Å². The molecule has 0 aromatic heterocycles. The van der Waals surface area contributed by atoms with Gasteiger partial charge in [0, 0.05) is 6.42 Å². The zero-order valence-corrected chi connectivity index (χ0v) is 16.9. The molecule has 1 N–H and O–H groups in total. The molecular weight excluding hydrogens is 336 g/mol. The molecule has 2 aromatic rings. The monoisotopic (exact) mass is 368 g/mol. The summed E-state index contributed by atoms with van der Waals surface area (Å²) in [6, 6.07) is 11.6. The van der Waals surface area contributed by atoms with Crippen molar-refractivity contribution in [2.45, 2.75) is 72.1 Å². The number of hydrogen-bond donors (Lipinski definition) is 1. The van der Waals surface area contributed by atoms with Gasteiger partial charge in [-0.2, -0.15) is 0 Å². The Morgan fingerprint density at radius 1 is 0.926 bits per heavy atom. The molecule has 3 nitrogen and oxygen atoms in total. The van der Waals surface area contributed by atoms with Gasteiger partial charge in [0.1, 0.15) is 11.5 Å². The molecule has 0 aliphatic rings. The molecule has 0 spiro atoms. The Hall–Kier alpha value is -2.29. The van der Waals surface area contributed by atoms with E-state index in [1.807, 2.05) is 31.2 Å². The minimum absolute atomic E-state index is 0.225. The predicted octanol–water partition coefficient (Wildman–Crippen LogP) is 5.92. The number of aromatic hydroxyl groups is 1. The van der Waals surface area contributed by atoms with Gasteiger partial charge in [-0.1, -0.05) is 56.5 Å². The van der Waals surface area contributed by atoms with Crippen LogP contribution in [0.25, 0.3) is 0 Å². The summed E-state index contributed by atoms with van der Waals surface area (Å²) >= 11 is 0. The smallest absolute Gasteiger partial charge is 0.311 e. The molecule has 0 fully saturated rings. The molecule has 0 amide bonds. The number of aryl methyl sites for hydroxylation is 4. The van der Waals surface area contributed by atoms with Crippen LogP contribution in [0.3, 0.4) is 0 Å². The van der Waals surface area contributed by atoms with Crippen molar-refractivity contribution in [3.8, 4) is 11.5 Å². The Bertz CT molecular complexity index is 703. The molecule has 0 saturated carbocycles. The van der Waals surface area contributed by atoms with Gasteiger partial charge >= 0.3 is 5.97 Å². The Morgan fingerprint density at radius 3 is 2.00 bits per heavy atom. The van der Waals surface area contributed by atoms with E-state index in [4.69, 9.17) is 4.74 Å². The van der Waals surface area contributed by atoms with Crippen molar-refractivity contribution in [2.75, 3.05) is 0 Å². The Kier molecular flexibility index (Phi) is 8.38. The van der Waals surface area contributed by atoms with Crippen molar-refractivity contribution in [1.82, 2.24) is 0 Å². The molecule has 0 unspecified atom stereocenters. The normalized spacial score (nSPS) is 10.8. The SMILES string of the molecule is CCCCc1cc(CCC(=O)Oc2ccc(C)cc2)cc(CCCC)c1O. The number of phenols is 1. The molecule has 27 heavy (non-hydrogen) atoms. The number of carbonyl (C=O) groups excluding carboxylic acids is 1. The van der Waals surface area contributed by atoms with Gasteiger partial charge in [-0.3, -0.25) is 4.79 Å². The number of benzene rings is 2. The van der Waals surface area contributed by atoms with Crippen LogP contribution in [0.4, 0.5) is 0 Å². The van der Waals surface area contributed by atoms with Gasteiger partial charge in [0.05, 0.1) is 0 Å². The lowest BCUT2D eigenvalue weighted by Crippen LogP contribution is -2.09. The lowest BCUT2D eigenvalue weighted by atomic mass is 9.95. The average molecular weight is 369 g/mol. The quantitative estimate of drug-likeness (QED) is 0.418. The second-order valence-electron chi connectivity index (χ2n) is 7.26. The zero-order valence-electron chi connectivity index (χ0n) is 16.9. The molecule has 0 atom stereocenters. The Morgan fingerprint density at radius 2 is 1.48 bits per heavy atom. The van der Waals surface area contributed by atoms with E-state index < -0.39 is 0 Å². The third kappa shape index (κ3) is 6.74. The first-order valence-electron chi connectivity index (χ1n) is 10.1. The first-order valence-corrected chi connectivity index (χ1v) is 10.1. The van der Waals surface area contributed by atoms with Crippen molar-refractivity contribution in [3.05, 3.63) is 58.7 Å². The fraction of sp³-hybridized carbons (Fsp3) is 0.458. The van der Waals surface area contributed by atoms with Crippen LogP contribution in [0.15, 0.2) is 36.4 Å². The summed E-state index contributed by atoms with van der Waals surface area (Å²) < 4.78 is 5.42. The van der Waals surface area contributed by atoms with E-state index in [-0.39, 0.29) is 5.97 Å². The van der Waals surface area contributed by atoms with E-state index in [2.05, 4.69) is 26.0 Å². The molecule has 0 aliphatic heterocycles. The standard InChI is InChI=1S/C24H32O3/c1-4-6-8-20-16-19(17-21(24(20)26)9-7-5-2)12-15-23(25)27-22-13-10-18(3)11-14-22/h10-11,13-14,16-17,26H,4-9,12,15H2,1-3H3. The minimum Gasteiger partial charge on any atom is -0.507 e. The van der Waals surface area contributed by atoms with Crippen molar-refractivity contribution in [3.63, 3.8) is 0 Å². The number of hydrogen-bond acceptors (Lipinski definition) is 3. The molecule has 0 saturated heterocycles. The highest BCUT2D eigenvalue weighted by Crippen LogP contribution is 2.28. The third-order valence-electron chi connectivity index (χ3n) is 4.80. The van der Waals surface area contributed by atoms with E-state index in [0.717, 1.165) is 60.8 Å². The van der Waals surface area contributed by atoms with E-state index in [1.165, 1.54) is 0 Å². The van der Waals surface area contributed by atoms with E-state index in [9.17, 15) is 9.90 Å². The summed E-state index contributed by atoms with van der Waals surface area (Å²) in [5.41, 5.74) is 4.25. The van der Waals surface area contributed by atoms with Crippen LogP contribution in [0, 0.1) is 6.92 Å². The number of esters is 1. The highest BCUT2D eigenvalue weighted by Gasteiger charge is 2.12. The summed E-state index contributed by atoms with van der Waals surface area (Å²) in [4.78, 5) is 12.2. The van der Waals surface area contributed by atoms with Crippen molar-refractivity contribution in [2.24, 2.45) is 0 Å². The van der Waals surface area contributed by atoms with Crippen LogP contribution < -0.4 is 4.74 Å². The molecule has 0 aliphatic carbocycles. The number of phenolic OH excluding ortho intramolecular Hbond substituents is 1. The molecule has 0 heterocycles. The Labute approximate surface area is 163 Å². The highest BCUT2D eigenvalue weighted by molar-refractivity contribution is 5.72. The predicted molar refractivity (Wildman–Crippen MR) is 110 cm³/mol. The van der Waals surface area contributed by atoms with Crippen LogP contribution in [-0.2, 0) is 24.1 Å². The van der Waals surface area contributed by atoms with Crippen LogP contribution in [0.2, 0.25) is 0 Å². The fourth-order valence-corrected chi connectivity index (χ4v) is 3.13. The van der Waals surface area contributed by atoms with Crippen LogP contribution in [-0.4, -0.2) is 11.1 Å². The molecule has 2 rings (SSSR count). The first-order chi connectivity index (χ1) is 13.0. The summed E-state index contributed by atoms with van der Waals surface area (Å²) in [6.45, 7) is 6.31. The summed E-state index contributed by atoms with van der Waals surface area (Å²) in [7, 11) is 0. The maximum atomic E-state index is 12.2. The lowest BCUT2D eigenvalue weighted by molar-refractivity contribution is -0.134.